The van der Waals surface area contributed by atoms with E-state index in [2.05, 4.69) is 46.9 Å². The summed E-state index contributed by atoms with van der Waals surface area (Å²) < 4.78 is 5.57. The van der Waals surface area contributed by atoms with Gasteiger partial charge in [0.2, 0.25) is 5.91 Å². The van der Waals surface area contributed by atoms with Crippen LogP contribution in [-0.4, -0.2) is 25.7 Å². The molecule has 3 heteroatoms. The van der Waals surface area contributed by atoms with E-state index < -0.39 is 5.41 Å². The highest BCUT2D eigenvalue weighted by Gasteiger charge is 2.25. The second kappa shape index (κ2) is 7.26. The van der Waals surface area contributed by atoms with E-state index in [1.54, 1.807) is 0 Å². The molecule has 118 valence electrons. The molecule has 1 amide bonds. The van der Waals surface area contributed by atoms with Gasteiger partial charge in [0.05, 0.1) is 18.6 Å². The predicted molar refractivity (Wildman–Crippen MR) is 85.7 cm³/mol. The quantitative estimate of drug-likeness (QED) is 0.595. The van der Waals surface area contributed by atoms with Crippen LogP contribution in [0.5, 0.6) is 0 Å². The van der Waals surface area contributed by atoms with Gasteiger partial charge in [0, 0.05) is 6.54 Å². The third-order valence-corrected chi connectivity index (χ3v) is 2.65. The number of hydrogen-bond acceptors (Lipinski definition) is 2. The van der Waals surface area contributed by atoms with E-state index in [0.717, 1.165) is 0 Å². The Hall–Kier alpha value is -0.830. The van der Waals surface area contributed by atoms with Gasteiger partial charge in [0.25, 0.3) is 0 Å². The third-order valence-electron chi connectivity index (χ3n) is 2.65. The fourth-order valence-corrected chi connectivity index (χ4v) is 1.42. The van der Waals surface area contributed by atoms with Crippen molar-refractivity contribution in [3.05, 3.63) is 12.2 Å². The summed E-state index contributed by atoms with van der Waals surface area (Å²) in [5.74, 6) is 0.0551. The van der Waals surface area contributed by atoms with E-state index in [1.807, 2.05) is 26.0 Å². The fraction of sp³-hybridized carbons (Fsp3) is 0.824. The van der Waals surface area contributed by atoms with Gasteiger partial charge in [0.15, 0.2) is 0 Å². The van der Waals surface area contributed by atoms with Gasteiger partial charge in [-0.1, -0.05) is 53.7 Å². The van der Waals surface area contributed by atoms with Crippen molar-refractivity contribution in [3.63, 3.8) is 0 Å². The van der Waals surface area contributed by atoms with Gasteiger partial charge in [-0.25, -0.2) is 0 Å². The summed E-state index contributed by atoms with van der Waals surface area (Å²) in [7, 11) is 0. The Morgan fingerprint density at radius 3 is 2.00 bits per heavy atom. The van der Waals surface area contributed by atoms with Gasteiger partial charge >= 0.3 is 0 Å². The van der Waals surface area contributed by atoms with Crippen LogP contribution in [-0.2, 0) is 9.53 Å². The van der Waals surface area contributed by atoms with Gasteiger partial charge in [-0.2, -0.15) is 0 Å². The maximum atomic E-state index is 12.1. The van der Waals surface area contributed by atoms with Crippen LogP contribution in [0.3, 0.4) is 0 Å². The first-order chi connectivity index (χ1) is 8.83. The van der Waals surface area contributed by atoms with Crippen molar-refractivity contribution in [2.24, 2.45) is 16.2 Å². The molecule has 0 atom stereocenters. The molecule has 0 unspecified atom stereocenters. The number of rotatable bonds is 6. The largest absolute Gasteiger partial charge is 0.377 e. The van der Waals surface area contributed by atoms with Gasteiger partial charge in [0.1, 0.15) is 0 Å². The van der Waals surface area contributed by atoms with Crippen LogP contribution in [0.4, 0.5) is 0 Å². The Bertz CT molecular complexity index is 330. The van der Waals surface area contributed by atoms with Crippen LogP contribution in [0.15, 0.2) is 12.2 Å². The Labute approximate surface area is 125 Å². The van der Waals surface area contributed by atoms with Crippen LogP contribution >= 0.6 is 0 Å². The Morgan fingerprint density at radius 1 is 1.00 bits per heavy atom. The van der Waals surface area contributed by atoms with E-state index in [4.69, 9.17) is 4.74 Å². The summed E-state index contributed by atoms with van der Waals surface area (Å²) in [5, 5.41) is 3.00. The highest BCUT2D eigenvalue weighted by molar-refractivity contribution is 5.83. The monoisotopic (exact) mass is 283 g/mol. The lowest BCUT2D eigenvalue weighted by Gasteiger charge is -2.24. The maximum absolute atomic E-state index is 12.1. The molecule has 0 aliphatic rings. The molecular weight excluding hydrogens is 250 g/mol. The third kappa shape index (κ3) is 10.0. The van der Waals surface area contributed by atoms with Crippen molar-refractivity contribution in [2.45, 2.75) is 55.4 Å². The van der Waals surface area contributed by atoms with Crippen molar-refractivity contribution in [1.29, 1.82) is 0 Å². The van der Waals surface area contributed by atoms with Crippen LogP contribution in [0, 0.1) is 16.2 Å². The minimum atomic E-state index is -0.504. The van der Waals surface area contributed by atoms with E-state index >= 15 is 0 Å². The number of amides is 1. The number of carbonyl (C=O) groups excluding carboxylic acids is 1. The molecule has 1 N–H and O–H groups in total. The zero-order chi connectivity index (χ0) is 16.0. The number of nitrogens with one attached hydrogen (secondary N) is 1. The van der Waals surface area contributed by atoms with E-state index in [-0.39, 0.29) is 16.7 Å². The minimum Gasteiger partial charge on any atom is -0.377 e. The van der Waals surface area contributed by atoms with E-state index in [1.165, 1.54) is 0 Å². The molecule has 0 aromatic carbocycles. The standard InChI is InChI=1S/C17H33NO2/c1-15(2,3)12-18-14(19)17(7,8)10-9-11-20-13-16(4,5)6/h9-10H,11-13H2,1-8H3,(H,18,19)/b10-9+. The van der Waals surface area contributed by atoms with Crippen LogP contribution < -0.4 is 5.32 Å². The summed E-state index contributed by atoms with van der Waals surface area (Å²) in [6.07, 6.45) is 3.86. The molecule has 0 rings (SSSR count). The average molecular weight is 283 g/mol. The highest BCUT2D eigenvalue weighted by Crippen LogP contribution is 2.19. The second-order valence-corrected chi connectivity index (χ2v) is 8.44. The molecule has 0 fully saturated rings. The van der Waals surface area contributed by atoms with Crippen molar-refractivity contribution in [1.82, 2.24) is 5.32 Å². The van der Waals surface area contributed by atoms with Gasteiger partial charge in [-0.3, -0.25) is 4.79 Å². The number of ether oxygens (including phenoxy) is 1. The molecule has 0 saturated carbocycles. The first kappa shape index (κ1) is 19.2. The molecule has 0 saturated heterocycles. The van der Waals surface area contributed by atoms with Crippen LogP contribution in [0.1, 0.15) is 55.4 Å². The van der Waals surface area contributed by atoms with E-state index in [0.29, 0.717) is 19.8 Å². The molecule has 0 spiro atoms. The Kier molecular flexibility index (Phi) is 6.96. The summed E-state index contributed by atoms with van der Waals surface area (Å²) >= 11 is 0. The molecule has 0 aliphatic carbocycles. The van der Waals surface area contributed by atoms with Gasteiger partial charge in [-0.05, 0) is 24.7 Å². The highest BCUT2D eigenvalue weighted by atomic mass is 16.5. The molecule has 0 bridgehead atoms. The molecule has 0 aliphatic heterocycles. The van der Waals surface area contributed by atoms with Crippen LogP contribution in [0.2, 0.25) is 0 Å². The molecule has 20 heavy (non-hydrogen) atoms. The lowest BCUT2D eigenvalue weighted by Crippen LogP contribution is -2.40. The average Bonchev–Trinajstić information content (AvgIpc) is 2.22. The van der Waals surface area contributed by atoms with Crippen LogP contribution in [0.25, 0.3) is 0 Å². The summed E-state index contributed by atoms with van der Waals surface area (Å²) in [4.78, 5) is 12.1. The topological polar surface area (TPSA) is 38.3 Å². The van der Waals surface area contributed by atoms with Gasteiger partial charge in [-0.15, -0.1) is 0 Å². The first-order valence-electron chi connectivity index (χ1n) is 7.37. The molecule has 0 aromatic rings. The van der Waals surface area contributed by atoms with Crippen molar-refractivity contribution >= 4 is 5.91 Å². The summed E-state index contributed by atoms with van der Waals surface area (Å²) in [6, 6.07) is 0. The SMILES string of the molecule is CC(C)(C)CNC(=O)C(C)(C)/C=C/COCC(C)(C)C. The maximum Gasteiger partial charge on any atom is 0.229 e. The van der Waals surface area contributed by atoms with Gasteiger partial charge < -0.3 is 10.1 Å². The Balaban J connectivity index is 4.19. The second-order valence-electron chi connectivity index (χ2n) is 8.44. The van der Waals surface area contributed by atoms with E-state index in [9.17, 15) is 4.79 Å². The smallest absolute Gasteiger partial charge is 0.229 e. The summed E-state index contributed by atoms with van der Waals surface area (Å²) in [5.41, 5.74) is -0.227. The number of carbonyl (C=O) groups is 1. The molecule has 0 radical (unpaired) electrons. The van der Waals surface area contributed by atoms with Crippen molar-refractivity contribution in [3.8, 4) is 0 Å². The first-order valence-corrected chi connectivity index (χ1v) is 7.37. The molecular formula is C17H33NO2. The van der Waals surface area contributed by atoms with Crippen molar-refractivity contribution < 1.29 is 9.53 Å². The zero-order valence-corrected chi connectivity index (χ0v) is 14.6. The normalized spacial score (nSPS) is 13.8. The molecule has 3 nitrogen and oxygen atoms in total. The number of hydrogen-bond donors (Lipinski definition) is 1. The fourth-order valence-electron chi connectivity index (χ4n) is 1.42. The summed E-state index contributed by atoms with van der Waals surface area (Å²) in [6.45, 7) is 18.5. The molecule has 0 aromatic heterocycles. The van der Waals surface area contributed by atoms with Crippen molar-refractivity contribution in [2.75, 3.05) is 19.8 Å². The molecule has 0 heterocycles. The lowest BCUT2D eigenvalue weighted by molar-refractivity contribution is -0.127. The minimum absolute atomic E-state index is 0.0551. The predicted octanol–water partition coefficient (Wildman–Crippen LogP) is 3.79. The lowest BCUT2D eigenvalue weighted by atomic mass is 9.90. The Morgan fingerprint density at radius 2 is 1.55 bits per heavy atom. The zero-order valence-electron chi connectivity index (χ0n) is 14.6.